The molecular weight excluding hydrogens is 360 g/mol. The monoisotopic (exact) mass is 396 g/mol. The highest BCUT2D eigenvalue weighted by molar-refractivity contribution is 6.01. The quantitative estimate of drug-likeness (QED) is 0.444. The Morgan fingerprint density at radius 1 is 1.21 bits per heavy atom. The first kappa shape index (κ1) is 20.6. The van der Waals surface area contributed by atoms with E-state index in [-0.39, 0.29) is 17.2 Å². The Balaban J connectivity index is 1.49. The second-order valence-corrected chi connectivity index (χ2v) is 10.5. The molecule has 7 atom stereocenters. The first-order valence-electron chi connectivity index (χ1n) is 11.5. The van der Waals surface area contributed by atoms with Crippen LogP contribution in [0.3, 0.4) is 0 Å². The molecule has 4 aliphatic carbocycles. The number of ketones is 1. The molecule has 0 aromatic rings. The summed E-state index contributed by atoms with van der Waals surface area (Å²) in [6.07, 6.45) is 17.8. The summed E-state index contributed by atoms with van der Waals surface area (Å²) in [5.41, 5.74) is 1.63. The van der Waals surface area contributed by atoms with Crippen LogP contribution in [0.25, 0.3) is 0 Å². The molecule has 4 rings (SSSR count). The number of fused-ring (bicyclic) bond motifs is 5. The molecule has 3 nitrogen and oxygen atoms in total. The van der Waals surface area contributed by atoms with Gasteiger partial charge in [0.1, 0.15) is 0 Å². The van der Waals surface area contributed by atoms with Crippen molar-refractivity contribution in [1.82, 2.24) is 0 Å². The highest BCUT2D eigenvalue weighted by Gasteiger charge is 2.57. The van der Waals surface area contributed by atoms with Crippen LogP contribution in [-0.4, -0.2) is 18.4 Å². The van der Waals surface area contributed by atoms with Gasteiger partial charge >= 0.3 is 5.97 Å². The number of hydrogen-bond acceptors (Lipinski definition) is 3. The van der Waals surface area contributed by atoms with Gasteiger partial charge in [0, 0.05) is 12.3 Å². The molecule has 0 unspecified atom stereocenters. The summed E-state index contributed by atoms with van der Waals surface area (Å²) >= 11 is 0. The van der Waals surface area contributed by atoms with Crippen LogP contribution >= 0.6 is 0 Å². The lowest BCUT2D eigenvalue weighted by molar-refractivity contribution is -0.141. The van der Waals surface area contributed by atoms with Crippen molar-refractivity contribution in [3.63, 3.8) is 0 Å². The predicted molar refractivity (Wildman–Crippen MR) is 115 cm³/mol. The van der Waals surface area contributed by atoms with Crippen LogP contribution in [0.2, 0.25) is 0 Å². The Hall–Kier alpha value is -1.64. The molecule has 3 heteroatoms. The lowest BCUT2D eigenvalue weighted by Crippen LogP contribution is -2.48. The minimum absolute atomic E-state index is 0.0163. The van der Waals surface area contributed by atoms with Gasteiger partial charge in [-0.15, -0.1) is 0 Å². The van der Waals surface area contributed by atoms with Crippen LogP contribution in [0.4, 0.5) is 0 Å². The maximum atomic E-state index is 11.9. The zero-order valence-corrected chi connectivity index (χ0v) is 18.4. The van der Waals surface area contributed by atoms with Gasteiger partial charge in [0.2, 0.25) is 0 Å². The third kappa shape index (κ3) is 3.45. The topological polar surface area (TPSA) is 43.4 Å². The normalized spacial score (nSPS) is 41.2. The van der Waals surface area contributed by atoms with Crippen LogP contribution in [0.15, 0.2) is 36.0 Å². The van der Waals surface area contributed by atoms with Gasteiger partial charge in [0.25, 0.3) is 0 Å². The summed E-state index contributed by atoms with van der Waals surface area (Å²) in [7, 11) is 0. The van der Waals surface area contributed by atoms with E-state index in [0.29, 0.717) is 29.8 Å². The van der Waals surface area contributed by atoms with E-state index in [1.807, 2.05) is 6.08 Å². The fourth-order valence-electron chi connectivity index (χ4n) is 7.45. The van der Waals surface area contributed by atoms with Gasteiger partial charge in [-0.2, -0.15) is 0 Å². The molecule has 0 aromatic heterocycles. The highest BCUT2D eigenvalue weighted by Crippen LogP contribution is 2.65. The summed E-state index contributed by atoms with van der Waals surface area (Å²) in [6.45, 7) is 9.34. The molecule has 0 amide bonds. The average Bonchev–Trinajstić information content (AvgIpc) is 3.03. The molecular formula is C26H36O3. The fraction of sp³-hybridized carbons (Fsp3) is 0.692. The number of allylic oxidation sites excluding steroid dienone is 6. The zero-order chi connectivity index (χ0) is 20.8. The van der Waals surface area contributed by atoms with Crippen LogP contribution in [0.5, 0.6) is 0 Å². The van der Waals surface area contributed by atoms with E-state index in [1.54, 1.807) is 6.08 Å². The Labute approximate surface area is 175 Å². The highest BCUT2D eigenvalue weighted by atomic mass is 16.5. The predicted octanol–water partition coefficient (Wildman–Crippen LogP) is 5.67. The summed E-state index contributed by atoms with van der Waals surface area (Å²) in [5.74, 6) is 3.35. The summed E-state index contributed by atoms with van der Waals surface area (Å²) in [4.78, 5) is 22.9. The van der Waals surface area contributed by atoms with Crippen LogP contribution in [0.1, 0.15) is 66.2 Å². The first-order valence-corrected chi connectivity index (χ1v) is 11.5. The Bertz CT molecular complexity index is 775. The average molecular weight is 397 g/mol. The number of ether oxygens (including phenoxy) is 1. The molecule has 0 bridgehead atoms. The maximum Gasteiger partial charge on any atom is 0.302 e. The van der Waals surface area contributed by atoms with E-state index in [2.05, 4.69) is 39.0 Å². The van der Waals surface area contributed by atoms with E-state index >= 15 is 0 Å². The van der Waals surface area contributed by atoms with E-state index in [1.165, 1.54) is 38.2 Å². The fourth-order valence-corrected chi connectivity index (χ4v) is 7.45. The SMILES string of the molecule is CC(=O)OCCC[C@@H](C)[C@H]1CC[C@H]2[C@@H]3C=CC4=CC(=O)C=C[C@]4(C)[C@H]3CC[C@]12C. The zero-order valence-electron chi connectivity index (χ0n) is 18.4. The molecule has 0 aromatic carbocycles. The second kappa shape index (κ2) is 7.56. The van der Waals surface area contributed by atoms with E-state index in [0.717, 1.165) is 24.7 Å². The van der Waals surface area contributed by atoms with Gasteiger partial charge in [0.15, 0.2) is 5.78 Å². The van der Waals surface area contributed by atoms with Gasteiger partial charge in [-0.3, -0.25) is 9.59 Å². The summed E-state index contributed by atoms with van der Waals surface area (Å²) in [5, 5.41) is 0. The largest absolute Gasteiger partial charge is 0.466 e. The molecule has 29 heavy (non-hydrogen) atoms. The lowest BCUT2D eigenvalue weighted by Gasteiger charge is -2.55. The molecule has 2 fully saturated rings. The third-order valence-electron chi connectivity index (χ3n) is 8.98. The van der Waals surface area contributed by atoms with Crippen molar-refractivity contribution in [2.24, 2.45) is 40.4 Å². The third-order valence-corrected chi connectivity index (χ3v) is 8.98. The Morgan fingerprint density at radius 2 is 2.00 bits per heavy atom. The first-order chi connectivity index (χ1) is 13.8. The molecule has 0 saturated heterocycles. The minimum atomic E-state index is -0.173. The van der Waals surface area contributed by atoms with Crippen molar-refractivity contribution in [1.29, 1.82) is 0 Å². The standard InChI is InChI=1S/C26H36O3/c1-17(6-5-15-29-18(2)27)22-9-10-23-21-8-7-19-16-20(28)11-13-25(19,3)24(21)12-14-26(22,23)4/h7-8,11,13,16-17,21-24H,5-6,9-10,12,14-15H2,1-4H3/t17-,21+,22-,23+,24+,25+,26-/m1/s1. The van der Waals surface area contributed by atoms with Crippen LogP contribution < -0.4 is 0 Å². The Morgan fingerprint density at radius 3 is 2.76 bits per heavy atom. The van der Waals surface area contributed by atoms with Crippen molar-refractivity contribution < 1.29 is 14.3 Å². The van der Waals surface area contributed by atoms with Gasteiger partial charge < -0.3 is 4.74 Å². The summed E-state index contributed by atoms with van der Waals surface area (Å²) in [6, 6.07) is 0. The van der Waals surface area contributed by atoms with Gasteiger partial charge in [-0.25, -0.2) is 0 Å². The molecule has 4 aliphatic rings. The van der Waals surface area contributed by atoms with Crippen molar-refractivity contribution in [3.8, 4) is 0 Å². The maximum absolute atomic E-state index is 11.9. The smallest absolute Gasteiger partial charge is 0.302 e. The van der Waals surface area contributed by atoms with E-state index < -0.39 is 0 Å². The van der Waals surface area contributed by atoms with Crippen molar-refractivity contribution in [2.45, 2.75) is 66.2 Å². The number of hydrogen-bond donors (Lipinski definition) is 0. The number of carbonyl (C=O) groups is 2. The molecule has 0 radical (unpaired) electrons. The molecule has 0 aliphatic heterocycles. The van der Waals surface area contributed by atoms with E-state index in [4.69, 9.17) is 4.74 Å². The van der Waals surface area contributed by atoms with Crippen molar-refractivity contribution >= 4 is 11.8 Å². The molecule has 0 heterocycles. The van der Waals surface area contributed by atoms with Gasteiger partial charge in [-0.1, -0.05) is 39.0 Å². The van der Waals surface area contributed by atoms with Crippen LogP contribution in [-0.2, 0) is 14.3 Å². The lowest BCUT2D eigenvalue weighted by atomic mass is 9.49. The van der Waals surface area contributed by atoms with Crippen LogP contribution in [0, 0.1) is 40.4 Å². The number of rotatable bonds is 5. The minimum Gasteiger partial charge on any atom is -0.466 e. The molecule has 158 valence electrons. The molecule has 0 N–H and O–H groups in total. The van der Waals surface area contributed by atoms with Crippen molar-refractivity contribution in [2.75, 3.05) is 6.61 Å². The molecule has 0 spiro atoms. The molecule has 2 saturated carbocycles. The number of carbonyl (C=O) groups excluding carboxylic acids is 2. The van der Waals surface area contributed by atoms with Gasteiger partial charge in [0.05, 0.1) is 6.61 Å². The number of esters is 1. The van der Waals surface area contributed by atoms with E-state index in [9.17, 15) is 9.59 Å². The second-order valence-electron chi connectivity index (χ2n) is 10.5. The van der Waals surface area contributed by atoms with Gasteiger partial charge in [-0.05, 0) is 91.3 Å². The van der Waals surface area contributed by atoms with Crippen molar-refractivity contribution in [3.05, 3.63) is 36.0 Å². The summed E-state index contributed by atoms with van der Waals surface area (Å²) < 4.78 is 5.14. The Kier molecular flexibility index (Phi) is 5.38.